The van der Waals surface area contributed by atoms with Gasteiger partial charge < -0.3 is 0 Å². The van der Waals surface area contributed by atoms with Crippen LogP contribution >= 0.6 is 11.6 Å². The molecule has 2 heterocycles. The molecular formula is C18H19ClN4. The van der Waals surface area contributed by atoms with Crippen LogP contribution in [0.5, 0.6) is 0 Å². The molecule has 118 valence electrons. The van der Waals surface area contributed by atoms with Crippen LogP contribution < -0.4 is 0 Å². The molecule has 23 heavy (non-hydrogen) atoms. The third kappa shape index (κ3) is 3.27. The number of pyridine rings is 1. The number of nitrogens with zero attached hydrogens (tertiary/aromatic N) is 4. The topological polar surface area (TPSA) is 43.1 Å². The molecule has 0 atom stereocenters. The van der Waals surface area contributed by atoms with Crippen LogP contribution in [0, 0.1) is 6.92 Å². The molecule has 4 nitrogen and oxygen atoms in total. The molecule has 0 aliphatic rings. The van der Waals surface area contributed by atoms with Gasteiger partial charge in [-0.3, -0.25) is 4.99 Å². The Morgan fingerprint density at radius 2 is 2.04 bits per heavy atom. The molecule has 0 aliphatic carbocycles. The molecule has 3 rings (SSSR count). The Hall–Kier alpha value is -2.20. The number of aromatic nitrogens is 3. The number of hydrogen-bond acceptors (Lipinski definition) is 3. The summed E-state index contributed by atoms with van der Waals surface area (Å²) in [6.07, 6.45) is 4.02. The first kappa shape index (κ1) is 15.7. The predicted octanol–water partition coefficient (Wildman–Crippen LogP) is 4.60. The molecule has 0 fully saturated rings. The number of rotatable bonds is 5. The second-order valence-electron chi connectivity index (χ2n) is 5.46. The van der Waals surface area contributed by atoms with Crippen LogP contribution in [-0.4, -0.2) is 27.5 Å². The molecule has 1 aromatic carbocycles. The quantitative estimate of drug-likeness (QED) is 0.390. The van der Waals surface area contributed by atoms with Crippen molar-refractivity contribution in [2.75, 3.05) is 6.54 Å². The second-order valence-corrected chi connectivity index (χ2v) is 5.82. The standard InChI is InChI=1S/C18H19ClN4/c1-3-4-10-20-12-14-11-16-13(2)22-23(18(16)21-17(14)19)15-8-6-5-7-9-15/h5-9,11-12H,3-4,10H2,1-2H3. The van der Waals surface area contributed by atoms with E-state index in [0.29, 0.717) is 5.15 Å². The van der Waals surface area contributed by atoms with Gasteiger partial charge in [-0.2, -0.15) is 5.10 Å². The summed E-state index contributed by atoms with van der Waals surface area (Å²) in [5.41, 5.74) is 3.50. The smallest absolute Gasteiger partial charge is 0.164 e. The van der Waals surface area contributed by atoms with Gasteiger partial charge in [-0.15, -0.1) is 0 Å². The number of halogens is 1. The largest absolute Gasteiger partial charge is 0.292 e. The summed E-state index contributed by atoms with van der Waals surface area (Å²) in [6, 6.07) is 12.0. The minimum absolute atomic E-state index is 0.454. The van der Waals surface area contributed by atoms with Gasteiger partial charge in [0.15, 0.2) is 5.65 Å². The Morgan fingerprint density at radius 3 is 2.78 bits per heavy atom. The maximum atomic E-state index is 6.34. The molecule has 0 unspecified atom stereocenters. The molecule has 0 saturated carbocycles. The second kappa shape index (κ2) is 6.92. The molecule has 0 aliphatic heterocycles. The van der Waals surface area contributed by atoms with E-state index < -0.39 is 0 Å². The summed E-state index contributed by atoms with van der Waals surface area (Å²) in [6.45, 7) is 4.94. The maximum absolute atomic E-state index is 6.34. The van der Waals surface area contributed by atoms with E-state index in [-0.39, 0.29) is 0 Å². The Kier molecular flexibility index (Phi) is 4.72. The van der Waals surface area contributed by atoms with E-state index in [4.69, 9.17) is 11.6 Å². The highest BCUT2D eigenvalue weighted by atomic mass is 35.5. The van der Waals surface area contributed by atoms with Gasteiger partial charge in [0.25, 0.3) is 0 Å². The van der Waals surface area contributed by atoms with Crippen molar-refractivity contribution in [3.05, 3.63) is 52.8 Å². The van der Waals surface area contributed by atoms with Crippen molar-refractivity contribution >= 4 is 28.8 Å². The highest BCUT2D eigenvalue weighted by molar-refractivity contribution is 6.32. The highest BCUT2D eigenvalue weighted by Gasteiger charge is 2.13. The van der Waals surface area contributed by atoms with Crippen LogP contribution in [0.25, 0.3) is 16.7 Å². The number of hydrogen-bond donors (Lipinski definition) is 0. The van der Waals surface area contributed by atoms with Crippen LogP contribution in [0.15, 0.2) is 41.4 Å². The van der Waals surface area contributed by atoms with Gasteiger partial charge in [-0.1, -0.05) is 43.1 Å². The predicted molar refractivity (Wildman–Crippen MR) is 96.0 cm³/mol. The molecule has 5 heteroatoms. The average molecular weight is 327 g/mol. The lowest BCUT2D eigenvalue weighted by Gasteiger charge is -2.03. The number of para-hydroxylation sites is 1. The van der Waals surface area contributed by atoms with Gasteiger partial charge in [-0.25, -0.2) is 9.67 Å². The molecule has 2 aromatic heterocycles. The van der Waals surface area contributed by atoms with Crippen LogP contribution in [0.4, 0.5) is 0 Å². The van der Waals surface area contributed by atoms with Crippen molar-refractivity contribution in [1.29, 1.82) is 0 Å². The third-order valence-electron chi connectivity index (χ3n) is 3.70. The average Bonchev–Trinajstić information content (AvgIpc) is 2.88. The number of benzene rings is 1. The van der Waals surface area contributed by atoms with E-state index in [1.165, 1.54) is 0 Å². The summed E-state index contributed by atoms with van der Waals surface area (Å²) >= 11 is 6.34. The van der Waals surface area contributed by atoms with E-state index in [1.807, 2.05) is 54.2 Å². The van der Waals surface area contributed by atoms with Gasteiger partial charge in [0.1, 0.15) is 5.15 Å². The van der Waals surface area contributed by atoms with Gasteiger partial charge >= 0.3 is 0 Å². The summed E-state index contributed by atoms with van der Waals surface area (Å²) in [4.78, 5) is 8.96. The summed E-state index contributed by atoms with van der Waals surface area (Å²) < 4.78 is 1.83. The van der Waals surface area contributed by atoms with Crippen LogP contribution in [0.2, 0.25) is 5.15 Å². The van der Waals surface area contributed by atoms with Crippen molar-refractivity contribution < 1.29 is 0 Å². The summed E-state index contributed by atoms with van der Waals surface area (Å²) in [7, 11) is 0. The molecule has 0 radical (unpaired) electrons. The van der Waals surface area contributed by atoms with E-state index in [2.05, 4.69) is 22.0 Å². The number of aliphatic imine (C=N–C) groups is 1. The number of fused-ring (bicyclic) bond motifs is 1. The summed E-state index contributed by atoms with van der Waals surface area (Å²) in [5, 5.41) is 6.05. The Bertz CT molecular complexity index is 837. The zero-order valence-corrected chi connectivity index (χ0v) is 14.1. The summed E-state index contributed by atoms with van der Waals surface area (Å²) in [5.74, 6) is 0. The van der Waals surface area contributed by atoms with Crippen molar-refractivity contribution in [1.82, 2.24) is 14.8 Å². The molecule has 0 saturated heterocycles. The van der Waals surface area contributed by atoms with E-state index in [0.717, 1.165) is 47.4 Å². The van der Waals surface area contributed by atoms with Crippen LogP contribution in [-0.2, 0) is 0 Å². The van der Waals surface area contributed by atoms with Gasteiger partial charge in [0, 0.05) is 23.7 Å². The first-order valence-electron chi connectivity index (χ1n) is 7.82. The van der Waals surface area contributed by atoms with Gasteiger partial charge in [-0.05, 0) is 31.5 Å². The minimum atomic E-state index is 0.454. The molecule has 0 bridgehead atoms. The molecule has 0 spiro atoms. The van der Waals surface area contributed by atoms with Crippen molar-refractivity contribution in [2.45, 2.75) is 26.7 Å². The van der Waals surface area contributed by atoms with E-state index in [1.54, 1.807) is 0 Å². The van der Waals surface area contributed by atoms with Crippen LogP contribution in [0.1, 0.15) is 31.0 Å². The molecule has 0 N–H and O–H groups in total. The van der Waals surface area contributed by atoms with Crippen molar-refractivity contribution in [3.8, 4) is 5.69 Å². The Labute approximate surface area is 140 Å². The SMILES string of the molecule is CCCCN=Cc1cc2c(C)nn(-c3ccccc3)c2nc1Cl. The fourth-order valence-corrected chi connectivity index (χ4v) is 2.61. The van der Waals surface area contributed by atoms with Crippen LogP contribution in [0.3, 0.4) is 0 Å². The lowest BCUT2D eigenvalue weighted by atomic mass is 10.2. The Balaban J connectivity index is 2.05. The maximum Gasteiger partial charge on any atom is 0.164 e. The Morgan fingerprint density at radius 1 is 1.26 bits per heavy atom. The highest BCUT2D eigenvalue weighted by Crippen LogP contribution is 2.24. The first-order chi connectivity index (χ1) is 11.2. The minimum Gasteiger partial charge on any atom is -0.292 e. The monoisotopic (exact) mass is 326 g/mol. The first-order valence-corrected chi connectivity index (χ1v) is 8.19. The number of unbranched alkanes of at least 4 members (excludes halogenated alkanes) is 1. The molecule has 0 amide bonds. The molecular weight excluding hydrogens is 308 g/mol. The normalized spacial score (nSPS) is 11.6. The van der Waals surface area contributed by atoms with Gasteiger partial charge in [0.05, 0.1) is 11.4 Å². The molecule has 3 aromatic rings. The number of aryl methyl sites for hydroxylation is 1. The lowest BCUT2D eigenvalue weighted by Crippen LogP contribution is -1.98. The lowest BCUT2D eigenvalue weighted by molar-refractivity contribution is 0.810. The fraction of sp³-hybridized carbons (Fsp3) is 0.278. The zero-order valence-electron chi connectivity index (χ0n) is 13.3. The van der Waals surface area contributed by atoms with E-state index >= 15 is 0 Å². The van der Waals surface area contributed by atoms with Crippen molar-refractivity contribution in [2.24, 2.45) is 4.99 Å². The zero-order chi connectivity index (χ0) is 16.2. The third-order valence-corrected chi connectivity index (χ3v) is 4.00. The van der Waals surface area contributed by atoms with Crippen molar-refractivity contribution in [3.63, 3.8) is 0 Å². The van der Waals surface area contributed by atoms with Gasteiger partial charge in [0.2, 0.25) is 0 Å². The van der Waals surface area contributed by atoms with E-state index in [9.17, 15) is 0 Å². The fourth-order valence-electron chi connectivity index (χ4n) is 2.43.